The van der Waals surface area contributed by atoms with Crippen LogP contribution in [0.25, 0.3) is 16.8 Å². The molecule has 1 heterocycles. The van der Waals surface area contributed by atoms with Crippen molar-refractivity contribution in [2.75, 3.05) is 13.7 Å². The van der Waals surface area contributed by atoms with Crippen molar-refractivity contribution < 1.29 is 18.7 Å². The third-order valence-corrected chi connectivity index (χ3v) is 6.77. The van der Waals surface area contributed by atoms with Crippen molar-refractivity contribution in [3.63, 3.8) is 0 Å². The molecule has 0 aliphatic heterocycles. The number of fused-ring (bicyclic) bond motifs is 2. The van der Waals surface area contributed by atoms with Gasteiger partial charge in [-0.2, -0.15) is 0 Å². The molecule has 0 amide bonds. The molecule has 2 unspecified atom stereocenters. The Morgan fingerprint density at radius 1 is 1.15 bits per heavy atom. The number of benzene rings is 2. The van der Waals surface area contributed by atoms with Crippen molar-refractivity contribution in [3.8, 4) is 5.75 Å². The summed E-state index contributed by atoms with van der Waals surface area (Å²) in [5.41, 5.74) is 5.45. The van der Waals surface area contributed by atoms with Crippen molar-refractivity contribution in [2.24, 2.45) is 5.92 Å². The summed E-state index contributed by atoms with van der Waals surface area (Å²) < 4.78 is 17.0. The highest BCUT2D eigenvalue weighted by Gasteiger charge is 2.42. The van der Waals surface area contributed by atoms with Gasteiger partial charge < -0.3 is 13.9 Å². The van der Waals surface area contributed by atoms with E-state index in [2.05, 4.69) is 42.5 Å². The van der Waals surface area contributed by atoms with Crippen LogP contribution in [0.3, 0.4) is 0 Å². The lowest BCUT2D eigenvalue weighted by molar-refractivity contribution is -0.139. The van der Waals surface area contributed by atoms with Crippen LogP contribution in [0.1, 0.15) is 43.9 Å². The first kappa shape index (κ1) is 21.3. The number of hydrogen-bond acceptors (Lipinski definition) is 4. The number of hydrogen-bond donors (Lipinski definition) is 0. The summed E-state index contributed by atoms with van der Waals surface area (Å²) in [4.78, 5) is 12.9. The number of methoxy groups -OCH3 is 1. The van der Waals surface area contributed by atoms with E-state index >= 15 is 0 Å². The maximum atomic E-state index is 12.9. The van der Waals surface area contributed by atoms with E-state index in [1.54, 1.807) is 13.4 Å². The van der Waals surface area contributed by atoms with Crippen LogP contribution >= 0.6 is 0 Å². The molecule has 2 aliphatic rings. The summed E-state index contributed by atoms with van der Waals surface area (Å²) in [7, 11) is 1.72. The number of furan rings is 1. The molecule has 2 atom stereocenters. The second-order valence-electron chi connectivity index (χ2n) is 8.72. The molecule has 2 aliphatic carbocycles. The lowest BCUT2D eigenvalue weighted by atomic mass is 9.74. The van der Waals surface area contributed by atoms with E-state index in [9.17, 15) is 4.79 Å². The third kappa shape index (κ3) is 3.80. The zero-order valence-electron chi connectivity index (χ0n) is 19.3. The Bertz CT molecular complexity index is 1290. The molecule has 1 aromatic heterocycles. The van der Waals surface area contributed by atoms with Crippen molar-refractivity contribution in [3.05, 3.63) is 94.5 Å². The van der Waals surface area contributed by atoms with Crippen molar-refractivity contribution in [2.45, 2.75) is 32.6 Å². The number of allylic oxidation sites excluding steroid dienone is 4. The lowest BCUT2D eigenvalue weighted by Gasteiger charge is -2.29. The Morgan fingerprint density at radius 3 is 2.76 bits per heavy atom. The Kier molecular flexibility index (Phi) is 5.67. The first-order valence-electron chi connectivity index (χ1n) is 11.5. The van der Waals surface area contributed by atoms with Gasteiger partial charge in [0.15, 0.2) is 0 Å². The monoisotopic (exact) mass is 440 g/mol. The minimum atomic E-state index is -0.250. The van der Waals surface area contributed by atoms with Gasteiger partial charge in [0.2, 0.25) is 0 Å². The number of esters is 1. The zero-order chi connectivity index (χ0) is 22.9. The third-order valence-electron chi connectivity index (χ3n) is 6.77. The van der Waals surface area contributed by atoms with Gasteiger partial charge in [0, 0.05) is 5.56 Å². The molecule has 1 fully saturated rings. The number of rotatable bonds is 5. The normalized spacial score (nSPS) is 21.3. The van der Waals surface area contributed by atoms with E-state index < -0.39 is 0 Å². The molecule has 168 valence electrons. The minimum absolute atomic E-state index is 0.139. The van der Waals surface area contributed by atoms with E-state index in [-0.39, 0.29) is 17.8 Å². The van der Waals surface area contributed by atoms with Gasteiger partial charge in [-0.1, -0.05) is 53.6 Å². The Morgan fingerprint density at radius 2 is 2.00 bits per heavy atom. The first-order chi connectivity index (χ1) is 16.1. The quantitative estimate of drug-likeness (QED) is 0.408. The highest BCUT2D eigenvalue weighted by molar-refractivity contribution is 5.94. The molecule has 1 saturated carbocycles. The molecule has 4 heteroatoms. The molecular weight excluding hydrogens is 412 g/mol. The Hall–Kier alpha value is -3.53. The Labute approximate surface area is 194 Å². The van der Waals surface area contributed by atoms with Crippen LogP contribution in [0.4, 0.5) is 0 Å². The van der Waals surface area contributed by atoms with Crippen LogP contribution < -0.4 is 4.74 Å². The average Bonchev–Trinajstić information content (AvgIpc) is 3.48. The van der Waals surface area contributed by atoms with Crippen LogP contribution in [0.5, 0.6) is 5.75 Å². The molecule has 0 radical (unpaired) electrons. The van der Waals surface area contributed by atoms with Crippen LogP contribution in [0.2, 0.25) is 0 Å². The molecular formula is C29H28O4. The fourth-order valence-electron chi connectivity index (χ4n) is 5.39. The molecule has 0 saturated heterocycles. The predicted molar refractivity (Wildman–Crippen MR) is 130 cm³/mol. The van der Waals surface area contributed by atoms with E-state index in [0.29, 0.717) is 12.2 Å². The standard InChI is InChI=1S/C29H28O4/c1-4-32-29(30)27-18(2)14-21-15-19(16-23(21)28(27)26-10-7-13-33-26)17-24-22-9-6-5-8-20(22)11-12-25(24)31-3/h5-14,17,23,28H,4,15-16H2,1-3H3. The molecule has 0 spiro atoms. The molecule has 4 nitrogen and oxygen atoms in total. The average molecular weight is 441 g/mol. The van der Waals surface area contributed by atoms with Gasteiger partial charge in [-0.25, -0.2) is 4.79 Å². The molecule has 5 rings (SSSR count). The van der Waals surface area contributed by atoms with E-state index in [1.807, 2.05) is 32.0 Å². The Balaban J connectivity index is 1.57. The van der Waals surface area contributed by atoms with Crippen LogP contribution in [0.15, 0.2) is 87.6 Å². The first-order valence-corrected chi connectivity index (χ1v) is 11.5. The van der Waals surface area contributed by atoms with E-state index in [4.69, 9.17) is 13.9 Å². The lowest BCUT2D eigenvalue weighted by Crippen LogP contribution is -2.24. The summed E-state index contributed by atoms with van der Waals surface area (Å²) in [6.45, 7) is 4.20. The topological polar surface area (TPSA) is 48.7 Å². The molecule has 3 aromatic rings. The summed E-state index contributed by atoms with van der Waals surface area (Å²) in [5, 5.41) is 2.37. The second-order valence-corrected chi connectivity index (χ2v) is 8.72. The van der Waals surface area contributed by atoms with E-state index in [0.717, 1.165) is 35.5 Å². The summed E-state index contributed by atoms with van der Waals surface area (Å²) >= 11 is 0. The minimum Gasteiger partial charge on any atom is -0.496 e. The SMILES string of the molecule is CCOC(=O)C1=C(C)C=C2CC(=Cc3c(OC)ccc4ccccc34)CC2C1c1ccco1. The molecule has 2 aromatic carbocycles. The van der Waals surface area contributed by atoms with Gasteiger partial charge in [-0.15, -0.1) is 0 Å². The summed E-state index contributed by atoms with van der Waals surface area (Å²) in [5.74, 6) is 1.47. The number of ether oxygens (including phenoxy) is 2. The van der Waals surface area contributed by atoms with Crippen molar-refractivity contribution >= 4 is 22.8 Å². The predicted octanol–water partition coefficient (Wildman–Crippen LogP) is 6.84. The number of carbonyl (C=O) groups excluding carboxylic acids is 1. The smallest absolute Gasteiger partial charge is 0.335 e. The number of carbonyl (C=O) groups is 1. The highest BCUT2D eigenvalue weighted by atomic mass is 16.5. The molecule has 0 bridgehead atoms. The maximum absolute atomic E-state index is 12.9. The molecule has 0 N–H and O–H groups in total. The van der Waals surface area contributed by atoms with Gasteiger partial charge in [-0.05, 0) is 67.2 Å². The van der Waals surface area contributed by atoms with Gasteiger partial charge in [-0.3, -0.25) is 0 Å². The van der Waals surface area contributed by atoms with Crippen molar-refractivity contribution in [1.82, 2.24) is 0 Å². The van der Waals surface area contributed by atoms with Gasteiger partial charge in [0.25, 0.3) is 0 Å². The molecule has 33 heavy (non-hydrogen) atoms. The van der Waals surface area contributed by atoms with Gasteiger partial charge in [0.1, 0.15) is 11.5 Å². The summed E-state index contributed by atoms with van der Waals surface area (Å²) in [6, 6.07) is 16.4. The van der Waals surface area contributed by atoms with Gasteiger partial charge >= 0.3 is 5.97 Å². The van der Waals surface area contributed by atoms with Crippen molar-refractivity contribution in [1.29, 1.82) is 0 Å². The maximum Gasteiger partial charge on any atom is 0.335 e. The fourth-order valence-corrected chi connectivity index (χ4v) is 5.39. The van der Waals surface area contributed by atoms with Crippen LogP contribution in [-0.4, -0.2) is 19.7 Å². The van der Waals surface area contributed by atoms with E-state index in [1.165, 1.54) is 21.9 Å². The summed E-state index contributed by atoms with van der Waals surface area (Å²) in [6.07, 6.45) is 7.87. The van der Waals surface area contributed by atoms with Crippen LogP contribution in [-0.2, 0) is 9.53 Å². The van der Waals surface area contributed by atoms with Crippen LogP contribution in [0, 0.1) is 5.92 Å². The highest BCUT2D eigenvalue weighted by Crippen LogP contribution is 2.52. The van der Waals surface area contributed by atoms with Gasteiger partial charge in [0.05, 0.1) is 31.5 Å². The second kappa shape index (κ2) is 8.78. The largest absolute Gasteiger partial charge is 0.496 e. The fraction of sp³-hybridized carbons (Fsp3) is 0.276. The zero-order valence-corrected chi connectivity index (χ0v) is 19.3.